The molecule has 0 atom stereocenters. The first-order valence-electron chi connectivity index (χ1n) is 6.23. The lowest BCUT2D eigenvalue weighted by Gasteiger charge is -2.16. The zero-order valence-electron chi connectivity index (χ0n) is 10.8. The number of benzene rings is 1. The van der Waals surface area contributed by atoms with Gasteiger partial charge in [-0.25, -0.2) is 0 Å². The van der Waals surface area contributed by atoms with Crippen molar-refractivity contribution >= 4 is 5.78 Å². The van der Waals surface area contributed by atoms with E-state index in [-0.39, 0.29) is 11.2 Å². The maximum absolute atomic E-state index is 11.6. The Hall–Kier alpha value is -1.82. The van der Waals surface area contributed by atoms with Crippen LogP contribution in [0.4, 0.5) is 0 Å². The van der Waals surface area contributed by atoms with Gasteiger partial charge in [-0.05, 0) is 32.8 Å². The number of carbonyl (C=O) groups excluding carboxylic acids is 1. The van der Waals surface area contributed by atoms with Crippen molar-refractivity contribution in [2.24, 2.45) is 5.41 Å². The molecule has 0 saturated carbocycles. The van der Waals surface area contributed by atoms with Crippen molar-refractivity contribution in [2.75, 3.05) is 6.61 Å². The van der Waals surface area contributed by atoms with Gasteiger partial charge in [-0.3, -0.25) is 4.79 Å². The minimum absolute atomic E-state index is 0.202. The van der Waals surface area contributed by atoms with E-state index in [1.165, 1.54) is 0 Å². The van der Waals surface area contributed by atoms with Crippen molar-refractivity contribution < 1.29 is 9.53 Å². The minimum atomic E-state index is -0.367. The lowest BCUT2D eigenvalue weighted by Crippen LogP contribution is -2.13. The second-order valence-corrected chi connectivity index (χ2v) is 5.30. The number of fused-ring (bicyclic) bond motifs is 1. The van der Waals surface area contributed by atoms with E-state index in [2.05, 4.69) is 6.07 Å². The maximum atomic E-state index is 11.6. The van der Waals surface area contributed by atoms with E-state index in [0.29, 0.717) is 19.4 Å². The van der Waals surface area contributed by atoms with Crippen molar-refractivity contribution in [2.45, 2.75) is 33.1 Å². The number of ketones is 1. The summed E-state index contributed by atoms with van der Waals surface area (Å²) in [5, 5.41) is 8.93. The molecule has 0 amide bonds. The normalized spacial score (nSPS) is 14.2. The maximum Gasteiger partial charge on any atom is 0.163 e. The fourth-order valence-corrected chi connectivity index (χ4v) is 2.07. The third-order valence-corrected chi connectivity index (χ3v) is 3.32. The van der Waals surface area contributed by atoms with Crippen LogP contribution in [0.25, 0.3) is 0 Å². The Morgan fingerprint density at radius 3 is 2.89 bits per heavy atom. The third kappa shape index (κ3) is 2.53. The van der Waals surface area contributed by atoms with Gasteiger partial charge >= 0.3 is 0 Å². The summed E-state index contributed by atoms with van der Waals surface area (Å²) in [6, 6.07) is 7.86. The van der Waals surface area contributed by atoms with E-state index in [1.807, 2.05) is 32.0 Å². The van der Waals surface area contributed by atoms with Gasteiger partial charge in [0.25, 0.3) is 0 Å². The predicted octanol–water partition coefficient (Wildman–Crippen LogP) is 3.13. The molecule has 94 valence electrons. The van der Waals surface area contributed by atoms with Crippen molar-refractivity contribution in [3.63, 3.8) is 0 Å². The Morgan fingerprint density at radius 2 is 2.17 bits per heavy atom. The van der Waals surface area contributed by atoms with Gasteiger partial charge < -0.3 is 4.74 Å². The summed E-state index contributed by atoms with van der Waals surface area (Å²) < 4.78 is 5.73. The molecular weight excluding hydrogens is 226 g/mol. The molecular formula is C15H17NO2. The van der Waals surface area contributed by atoms with Gasteiger partial charge in [-0.2, -0.15) is 5.26 Å². The molecule has 2 rings (SSSR count). The van der Waals surface area contributed by atoms with Crippen molar-refractivity contribution in [1.29, 1.82) is 5.26 Å². The Labute approximate surface area is 107 Å². The van der Waals surface area contributed by atoms with Gasteiger partial charge in [0.1, 0.15) is 5.75 Å². The molecule has 0 bridgehead atoms. The largest absolute Gasteiger partial charge is 0.493 e. The highest BCUT2D eigenvalue weighted by atomic mass is 16.5. The number of carbonyl (C=O) groups is 1. The summed E-state index contributed by atoms with van der Waals surface area (Å²) >= 11 is 0. The van der Waals surface area contributed by atoms with Gasteiger partial charge in [0.05, 0.1) is 18.1 Å². The summed E-state index contributed by atoms with van der Waals surface area (Å²) in [5.41, 5.74) is 1.46. The van der Waals surface area contributed by atoms with Crippen LogP contribution in [-0.2, 0) is 6.42 Å². The molecule has 18 heavy (non-hydrogen) atoms. The number of ether oxygens (including phenoxy) is 1. The van der Waals surface area contributed by atoms with Crippen LogP contribution in [0, 0.1) is 16.7 Å². The summed E-state index contributed by atoms with van der Waals surface area (Å²) in [5.74, 6) is 1.000. The van der Waals surface area contributed by atoms with Crippen LogP contribution in [0.5, 0.6) is 5.75 Å². The first-order valence-corrected chi connectivity index (χ1v) is 6.23. The predicted molar refractivity (Wildman–Crippen MR) is 68.6 cm³/mol. The molecule has 0 spiro atoms. The zero-order valence-corrected chi connectivity index (χ0v) is 10.8. The van der Waals surface area contributed by atoms with Crippen molar-refractivity contribution in [3.05, 3.63) is 29.3 Å². The smallest absolute Gasteiger partial charge is 0.163 e. The highest BCUT2D eigenvalue weighted by molar-refractivity contribution is 6.01. The molecule has 1 aromatic rings. The van der Waals surface area contributed by atoms with Crippen molar-refractivity contribution in [3.8, 4) is 11.8 Å². The second-order valence-electron chi connectivity index (χ2n) is 5.30. The minimum Gasteiger partial charge on any atom is -0.493 e. The highest BCUT2D eigenvalue weighted by Crippen LogP contribution is 2.31. The molecule has 0 aliphatic heterocycles. The summed E-state index contributed by atoms with van der Waals surface area (Å²) in [6.45, 7) is 4.30. The van der Waals surface area contributed by atoms with Gasteiger partial charge in [0.15, 0.2) is 5.78 Å². The Balaban J connectivity index is 2.04. The molecule has 0 N–H and O–H groups in total. The number of rotatable bonds is 4. The van der Waals surface area contributed by atoms with Crippen LogP contribution < -0.4 is 4.74 Å². The number of hydrogen-bond acceptors (Lipinski definition) is 3. The summed E-state index contributed by atoms with van der Waals surface area (Å²) in [7, 11) is 0. The first kappa shape index (κ1) is 12.6. The van der Waals surface area contributed by atoms with Crippen LogP contribution in [0.15, 0.2) is 18.2 Å². The second kappa shape index (κ2) is 4.81. The Morgan fingerprint density at radius 1 is 1.39 bits per heavy atom. The van der Waals surface area contributed by atoms with Crippen LogP contribution in [-0.4, -0.2) is 12.4 Å². The fraction of sp³-hybridized carbons (Fsp3) is 0.467. The van der Waals surface area contributed by atoms with Gasteiger partial charge in [0, 0.05) is 17.5 Å². The molecule has 1 aromatic carbocycles. The number of nitriles is 1. The van der Waals surface area contributed by atoms with E-state index in [9.17, 15) is 4.79 Å². The van der Waals surface area contributed by atoms with Crippen LogP contribution in [0.3, 0.4) is 0 Å². The standard InChI is InChI=1S/C15H17NO2/c1-15(2,10-16)8-9-18-14-5-3-4-11-12(14)6-7-13(11)17/h3-5H,6-9H2,1-2H3. The first-order chi connectivity index (χ1) is 8.53. The van der Waals surface area contributed by atoms with Crippen LogP contribution >= 0.6 is 0 Å². The lowest BCUT2D eigenvalue weighted by atomic mass is 9.92. The molecule has 0 fully saturated rings. The quantitative estimate of drug-likeness (QED) is 0.816. The topological polar surface area (TPSA) is 50.1 Å². The molecule has 3 heteroatoms. The van der Waals surface area contributed by atoms with E-state index in [4.69, 9.17) is 10.00 Å². The molecule has 0 radical (unpaired) electrons. The lowest BCUT2D eigenvalue weighted by molar-refractivity contribution is 0.0994. The molecule has 1 aliphatic rings. The SMILES string of the molecule is CC(C)(C#N)CCOc1cccc2c1CCC2=O. The Bertz CT molecular complexity index is 512. The Kier molecular flexibility index (Phi) is 3.38. The molecule has 0 unspecified atom stereocenters. The summed E-state index contributed by atoms with van der Waals surface area (Å²) in [4.78, 5) is 11.6. The third-order valence-electron chi connectivity index (χ3n) is 3.32. The van der Waals surface area contributed by atoms with Crippen molar-refractivity contribution in [1.82, 2.24) is 0 Å². The van der Waals surface area contributed by atoms with Crippen LogP contribution in [0.1, 0.15) is 42.6 Å². The number of Topliss-reactive ketones (excluding diaryl/α,β-unsaturated/α-hetero) is 1. The van der Waals surface area contributed by atoms with Gasteiger partial charge in [0.2, 0.25) is 0 Å². The van der Waals surface area contributed by atoms with E-state index >= 15 is 0 Å². The van der Waals surface area contributed by atoms with E-state index in [0.717, 1.165) is 23.3 Å². The average molecular weight is 243 g/mol. The fourth-order valence-electron chi connectivity index (χ4n) is 2.07. The van der Waals surface area contributed by atoms with Gasteiger partial charge in [-0.1, -0.05) is 12.1 Å². The van der Waals surface area contributed by atoms with E-state index < -0.39 is 0 Å². The number of hydrogen-bond donors (Lipinski definition) is 0. The van der Waals surface area contributed by atoms with E-state index in [1.54, 1.807) is 0 Å². The monoisotopic (exact) mass is 243 g/mol. The molecule has 3 nitrogen and oxygen atoms in total. The summed E-state index contributed by atoms with van der Waals surface area (Å²) in [6.07, 6.45) is 2.03. The molecule has 0 saturated heterocycles. The highest BCUT2D eigenvalue weighted by Gasteiger charge is 2.23. The zero-order chi connectivity index (χ0) is 13.2. The van der Waals surface area contributed by atoms with Crippen LogP contribution in [0.2, 0.25) is 0 Å². The molecule has 1 aliphatic carbocycles. The molecule has 0 heterocycles. The number of nitrogens with zero attached hydrogens (tertiary/aromatic N) is 1. The molecule has 0 aromatic heterocycles. The average Bonchev–Trinajstić information content (AvgIpc) is 2.72. The van der Waals surface area contributed by atoms with Gasteiger partial charge in [-0.15, -0.1) is 0 Å².